The van der Waals surface area contributed by atoms with Crippen molar-refractivity contribution in [3.05, 3.63) is 48.4 Å². The van der Waals surface area contributed by atoms with E-state index in [1.807, 2.05) is 10.9 Å². The number of anilines is 1. The zero-order chi connectivity index (χ0) is 24.4. The Morgan fingerprint density at radius 3 is 2.89 bits per heavy atom. The van der Waals surface area contributed by atoms with E-state index < -0.39 is 11.6 Å². The van der Waals surface area contributed by atoms with Crippen molar-refractivity contribution in [1.29, 1.82) is 0 Å². The predicted octanol–water partition coefficient (Wildman–Crippen LogP) is 2.85. The highest BCUT2D eigenvalue weighted by Gasteiger charge is 2.23. The van der Waals surface area contributed by atoms with Crippen LogP contribution in [0.25, 0.3) is 28.2 Å². The number of aryl methyl sites for hydroxylation is 1. The van der Waals surface area contributed by atoms with Crippen LogP contribution in [0.2, 0.25) is 0 Å². The molecule has 0 amide bonds. The van der Waals surface area contributed by atoms with Gasteiger partial charge in [-0.3, -0.25) is 4.68 Å². The van der Waals surface area contributed by atoms with E-state index >= 15 is 4.39 Å². The molecule has 0 aliphatic carbocycles. The normalized spacial score (nSPS) is 15.6. The Kier molecular flexibility index (Phi) is 6.36. The molecule has 1 saturated heterocycles. The molecule has 0 spiro atoms. The summed E-state index contributed by atoms with van der Waals surface area (Å²) in [7, 11) is 0. The maximum Gasteiger partial charge on any atom is 0.202 e. The van der Waals surface area contributed by atoms with Crippen LogP contribution < -0.4 is 15.8 Å². The molecule has 1 aliphatic heterocycles. The first kappa shape index (κ1) is 22.8. The number of rotatable bonds is 8. The van der Waals surface area contributed by atoms with E-state index in [2.05, 4.69) is 37.8 Å². The molecule has 35 heavy (non-hydrogen) atoms. The molecule has 0 radical (unpaired) electrons. The molecule has 3 N–H and O–H groups in total. The van der Waals surface area contributed by atoms with E-state index in [0.717, 1.165) is 48.3 Å². The highest BCUT2D eigenvalue weighted by Crippen LogP contribution is 2.31. The van der Waals surface area contributed by atoms with E-state index in [-0.39, 0.29) is 29.0 Å². The van der Waals surface area contributed by atoms with Gasteiger partial charge in [0.1, 0.15) is 11.5 Å². The Morgan fingerprint density at radius 2 is 2.09 bits per heavy atom. The second-order valence-corrected chi connectivity index (χ2v) is 8.44. The van der Waals surface area contributed by atoms with Gasteiger partial charge in [0.2, 0.25) is 5.82 Å². The molecule has 1 atom stereocenters. The number of hydrogen-bond donors (Lipinski definition) is 2. The third-order valence-electron chi connectivity index (χ3n) is 5.94. The number of nitrogens with two attached hydrogens (primary N) is 1. The molecule has 1 unspecified atom stereocenters. The van der Waals surface area contributed by atoms with Crippen molar-refractivity contribution in [2.45, 2.75) is 26.3 Å². The minimum atomic E-state index is -1.12. The summed E-state index contributed by atoms with van der Waals surface area (Å²) < 4.78 is 38.4. The van der Waals surface area contributed by atoms with Crippen molar-refractivity contribution in [2.75, 3.05) is 25.4 Å². The molecule has 12 heteroatoms. The van der Waals surface area contributed by atoms with Crippen LogP contribution in [0, 0.1) is 17.6 Å². The van der Waals surface area contributed by atoms with Crippen LogP contribution >= 0.6 is 0 Å². The van der Waals surface area contributed by atoms with Crippen LogP contribution in [-0.2, 0) is 6.54 Å². The number of nitrogens with one attached hydrogen (secondary N) is 1. The molecule has 1 aliphatic rings. The molecule has 182 valence electrons. The Balaban J connectivity index is 1.46. The second-order valence-electron chi connectivity index (χ2n) is 8.44. The number of pyridine rings is 1. The number of aromatic nitrogens is 7. The second kappa shape index (κ2) is 9.74. The van der Waals surface area contributed by atoms with Crippen LogP contribution in [0.3, 0.4) is 0 Å². The number of halogens is 2. The van der Waals surface area contributed by atoms with E-state index in [0.29, 0.717) is 12.2 Å². The molecule has 1 fully saturated rings. The van der Waals surface area contributed by atoms with Gasteiger partial charge < -0.3 is 15.8 Å². The number of ether oxygens (including phenoxy) is 1. The summed E-state index contributed by atoms with van der Waals surface area (Å²) in [6.45, 7) is 4.85. The summed E-state index contributed by atoms with van der Waals surface area (Å²) in [5, 5.41) is 19.1. The van der Waals surface area contributed by atoms with Crippen molar-refractivity contribution in [3.63, 3.8) is 0 Å². The molecule has 0 bridgehead atoms. The van der Waals surface area contributed by atoms with Gasteiger partial charge in [-0.15, -0.1) is 5.10 Å². The van der Waals surface area contributed by atoms with E-state index in [1.54, 1.807) is 18.5 Å². The monoisotopic (exact) mass is 481 g/mol. The van der Waals surface area contributed by atoms with Gasteiger partial charge in [0.25, 0.3) is 0 Å². The average molecular weight is 482 g/mol. The van der Waals surface area contributed by atoms with Crippen LogP contribution in [0.4, 0.5) is 14.6 Å². The van der Waals surface area contributed by atoms with Gasteiger partial charge in [-0.1, -0.05) is 6.92 Å². The zero-order valence-electron chi connectivity index (χ0n) is 19.2. The first-order valence-corrected chi connectivity index (χ1v) is 11.4. The molecular weight excluding hydrogens is 456 g/mol. The lowest BCUT2D eigenvalue weighted by molar-refractivity contribution is 0.246. The Morgan fingerprint density at radius 1 is 1.20 bits per heavy atom. The van der Waals surface area contributed by atoms with Gasteiger partial charge in [0.05, 0.1) is 18.4 Å². The van der Waals surface area contributed by atoms with Crippen LogP contribution in [-0.4, -0.2) is 54.7 Å². The van der Waals surface area contributed by atoms with Crippen LogP contribution in [0.1, 0.15) is 19.8 Å². The summed E-state index contributed by atoms with van der Waals surface area (Å²) in [5.74, 6) is -1.83. The molecule has 0 saturated carbocycles. The first-order valence-electron chi connectivity index (χ1n) is 11.4. The summed E-state index contributed by atoms with van der Waals surface area (Å²) in [4.78, 5) is 4.26. The maximum atomic E-state index is 15.1. The standard InChI is InChI=1S/C23H25F2N9O/c1-2-7-33-12-16(11-29-33)15-8-17(22(26)28-10-15)23-30-31-32-34(23)18-3-4-19(21(25)20(18)24)35-13-14-5-6-27-9-14/h3-4,8,10-12,14,27H,2,5-7,9,13H2,1H3,(H2,26,28). The van der Waals surface area contributed by atoms with Crippen molar-refractivity contribution >= 4 is 5.82 Å². The van der Waals surface area contributed by atoms with Gasteiger partial charge >= 0.3 is 0 Å². The van der Waals surface area contributed by atoms with E-state index in [1.165, 1.54) is 12.1 Å². The highest BCUT2D eigenvalue weighted by atomic mass is 19.2. The smallest absolute Gasteiger partial charge is 0.202 e. The number of hydrogen-bond acceptors (Lipinski definition) is 8. The molecule has 3 aromatic heterocycles. The predicted molar refractivity (Wildman–Crippen MR) is 125 cm³/mol. The number of nitrogens with zero attached hydrogens (tertiary/aromatic N) is 7. The topological polar surface area (TPSA) is 122 Å². The van der Waals surface area contributed by atoms with Crippen LogP contribution in [0.15, 0.2) is 36.8 Å². The Bertz CT molecular complexity index is 1330. The van der Waals surface area contributed by atoms with Gasteiger partial charge in [-0.25, -0.2) is 9.37 Å². The summed E-state index contributed by atoms with van der Waals surface area (Å²) >= 11 is 0. The maximum absolute atomic E-state index is 15.1. The van der Waals surface area contributed by atoms with Gasteiger partial charge in [-0.05, 0) is 48.0 Å². The van der Waals surface area contributed by atoms with Crippen LogP contribution in [0.5, 0.6) is 5.75 Å². The molecule has 5 rings (SSSR count). The minimum absolute atomic E-state index is 0.127. The third-order valence-corrected chi connectivity index (χ3v) is 5.94. The first-order chi connectivity index (χ1) is 17.0. The molecular formula is C23H25F2N9O. The lowest BCUT2D eigenvalue weighted by Crippen LogP contribution is -2.16. The summed E-state index contributed by atoms with van der Waals surface area (Å²) in [6, 6.07) is 4.50. The third kappa shape index (κ3) is 4.56. The number of nitrogen functional groups attached to an aromatic ring is 1. The summed E-state index contributed by atoms with van der Waals surface area (Å²) in [5.41, 5.74) is 7.90. The van der Waals surface area contributed by atoms with Crippen molar-refractivity contribution < 1.29 is 13.5 Å². The van der Waals surface area contributed by atoms with Crippen molar-refractivity contribution in [2.24, 2.45) is 5.92 Å². The fraction of sp³-hybridized carbons (Fsp3) is 0.348. The fourth-order valence-corrected chi connectivity index (χ4v) is 4.05. The Hall–Kier alpha value is -3.93. The fourth-order valence-electron chi connectivity index (χ4n) is 4.05. The number of benzene rings is 1. The quantitative estimate of drug-likeness (QED) is 0.394. The summed E-state index contributed by atoms with van der Waals surface area (Å²) in [6.07, 6.45) is 7.13. The number of tetrazole rings is 1. The molecule has 4 heterocycles. The molecule has 4 aromatic rings. The van der Waals surface area contributed by atoms with Crippen molar-refractivity contribution in [3.8, 4) is 34.0 Å². The van der Waals surface area contributed by atoms with Gasteiger partial charge in [0, 0.05) is 42.5 Å². The minimum Gasteiger partial charge on any atom is -0.490 e. The van der Waals surface area contributed by atoms with Gasteiger partial charge in [-0.2, -0.15) is 14.2 Å². The van der Waals surface area contributed by atoms with Gasteiger partial charge in [0.15, 0.2) is 17.4 Å². The lowest BCUT2D eigenvalue weighted by Gasteiger charge is -2.14. The highest BCUT2D eigenvalue weighted by molar-refractivity contribution is 5.76. The van der Waals surface area contributed by atoms with E-state index in [4.69, 9.17) is 10.5 Å². The SMILES string of the molecule is CCCn1cc(-c2cnc(N)c(-c3nnnn3-c3ccc(OCC4CCNC4)c(F)c3F)c2)cn1. The van der Waals surface area contributed by atoms with E-state index in [9.17, 15) is 4.39 Å². The Labute approximate surface area is 200 Å². The average Bonchev–Trinajstić information content (AvgIpc) is 3.63. The largest absolute Gasteiger partial charge is 0.490 e. The zero-order valence-corrected chi connectivity index (χ0v) is 19.2. The molecule has 10 nitrogen and oxygen atoms in total. The van der Waals surface area contributed by atoms with Crippen molar-refractivity contribution in [1.82, 2.24) is 40.3 Å². The molecule has 1 aromatic carbocycles. The lowest BCUT2D eigenvalue weighted by atomic mass is 10.1.